The summed E-state index contributed by atoms with van der Waals surface area (Å²) >= 11 is 1.50. The lowest BCUT2D eigenvalue weighted by Crippen LogP contribution is -2.50. The Morgan fingerprint density at radius 3 is 2.66 bits per heavy atom. The smallest absolute Gasteiger partial charge is 0.405 e. The molecule has 0 radical (unpaired) electrons. The van der Waals surface area contributed by atoms with Gasteiger partial charge in [-0.1, -0.05) is 13.8 Å². The number of carboxylic acid groups (broad SMARTS) is 1. The minimum Gasteiger partial charge on any atom is -0.491 e. The Labute approximate surface area is 192 Å². The highest BCUT2D eigenvalue weighted by molar-refractivity contribution is 7.13. The maximum Gasteiger partial charge on any atom is 0.405 e. The number of amides is 1. The average Bonchev–Trinajstić information content (AvgIpc) is 3.10. The van der Waals surface area contributed by atoms with E-state index in [2.05, 4.69) is 39.4 Å². The summed E-state index contributed by atoms with van der Waals surface area (Å²) in [6, 6.07) is 7.68. The molecular formula is C23H29N5O3S. The molecule has 0 bridgehead atoms. The molecular weight excluding hydrogens is 426 g/mol. The van der Waals surface area contributed by atoms with Crippen LogP contribution in [-0.2, 0) is 0 Å². The third-order valence-electron chi connectivity index (χ3n) is 4.78. The lowest BCUT2D eigenvalue weighted by Gasteiger charge is -2.31. The Morgan fingerprint density at radius 2 is 2.03 bits per heavy atom. The second-order valence-electron chi connectivity index (χ2n) is 8.54. The molecule has 0 spiro atoms. The first kappa shape index (κ1) is 23.5. The first-order valence-electron chi connectivity index (χ1n) is 10.4. The van der Waals surface area contributed by atoms with Crippen molar-refractivity contribution in [2.24, 2.45) is 5.92 Å². The van der Waals surface area contributed by atoms with E-state index in [1.54, 1.807) is 6.20 Å². The van der Waals surface area contributed by atoms with Crippen LogP contribution in [-0.4, -0.2) is 38.3 Å². The topological polar surface area (TPSA) is 109 Å². The predicted octanol–water partition coefficient (Wildman–Crippen LogP) is 5.41. The number of aryl methyl sites for hydroxylation is 2. The number of hydrogen-bond donors (Lipinski definition) is 3. The highest BCUT2D eigenvalue weighted by Gasteiger charge is 2.28. The zero-order valence-corrected chi connectivity index (χ0v) is 19.8. The monoisotopic (exact) mass is 455 g/mol. The largest absolute Gasteiger partial charge is 0.491 e. The normalized spacial score (nSPS) is 12.9. The van der Waals surface area contributed by atoms with Crippen LogP contribution in [0.25, 0.3) is 11.3 Å². The zero-order valence-electron chi connectivity index (χ0n) is 19.0. The third-order valence-corrected chi connectivity index (χ3v) is 5.65. The molecule has 0 aliphatic rings. The minimum atomic E-state index is -1.05. The molecule has 2 heterocycles. The zero-order chi connectivity index (χ0) is 23.3. The van der Waals surface area contributed by atoms with Gasteiger partial charge in [-0.25, -0.2) is 19.7 Å². The van der Waals surface area contributed by atoms with E-state index in [0.29, 0.717) is 24.0 Å². The number of aromatic nitrogens is 3. The predicted molar refractivity (Wildman–Crippen MR) is 127 cm³/mol. The quantitative estimate of drug-likeness (QED) is 0.396. The number of hydrogen-bond acceptors (Lipinski definition) is 7. The van der Waals surface area contributed by atoms with Gasteiger partial charge in [-0.15, -0.1) is 11.3 Å². The van der Waals surface area contributed by atoms with Crippen LogP contribution in [0, 0.1) is 19.8 Å². The standard InChI is InChI=1S/C23H29N5O3S/c1-14(2)11-23(5,28-22(29)30)13-31-19-7-6-17(10-15(19)3)18-8-9-24-20(26-18)27-21-25-16(4)12-32-21/h6-10,12,14,28H,11,13H2,1-5H3,(H,29,30)(H,24,25,26,27). The molecule has 8 nitrogen and oxygen atoms in total. The second-order valence-corrected chi connectivity index (χ2v) is 9.40. The molecule has 0 saturated carbocycles. The molecule has 3 N–H and O–H groups in total. The van der Waals surface area contributed by atoms with E-state index in [4.69, 9.17) is 4.74 Å². The van der Waals surface area contributed by atoms with Crippen molar-refractivity contribution in [2.45, 2.75) is 46.6 Å². The molecule has 9 heteroatoms. The van der Waals surface area contributed by atoms with Crippen LogP contribution >= 0.6 is 11.3 Å². The lowest BCUT2D eigenvalue weighted by atomic mass is 9.91. The van der Waals surface area contributed by atoms with Gasteiger partial charge in [0.05, 0.1) is 16.9 Å². The number of anilines is 2. The van der Waals surface area contributed by atoms with Crippen LogP contribution in [0.1, 0.15) is 38.4 Å². The summed E-state index contributed by atoms with van der Waals surface area (Å²) in [5, 5.41) is 17.7. The second kappa shape index (κ2) is 9.95. The summed E-state index contributed by atoms with van der Waals surface area (Å²) in [5.74, 6) is 1.52. The number of nitrogens with zero attached hydrogens (tertiary/aromatic N) is 3. The van der Waals surface area contributed by atoms with Gasteiger partial charge in [0, 0.05) is 17.1 Å². The van der Waals surface area contributed by atoms with Crippen molar-refractivity contribution in [3.63, 3.8) is 0 Å². The number of rotatable bonds is 9. The fourth-order valence-electron chi connectivity index (χ4n) is 3.60. The Morgan fingerprint density at radius 1 is 1.25 bits per heavy atom. The van der Waals surface area contributed by atoms with Crippen molar-refractivity contribution >= 4 is 28.5 Å². The minimum absolute atomic E-state index is 0.243. The van der Waals surface area contributed by atoms with Crippen molar-refractivity contribution in [3.8, 4) is 17.0 Å². The van der Waals surface area contributed by atoms with Crippen LogP contribution in [0.2, 0.25) is 0 Å². The van der Waals surface area contributed by atoms with Gasteiger partial charge in [0.25, 0.3) is 0 Å². The summed E-state index contributed by atoms with van der Waals surface area (Å²) in [4.78, 5) is 24.5. The van der Waals surface area contributed by atoms with E-state index in [9.17, 15) is 9.90 Å². The lowest BCUT2D eigenvalue weighted by molar-refractivity contribution is 0.143. The fourth-order valence-corrected chi connectivity index (χ4v) is 4.28. The van der Waals surface area contributed by atoms with E-state index in [0.717, 1.165) is 27.6 Å². The van der Waals surface area contributed by atoms with Crippen molar-refractivity contribution < 1.29 is 14.6 Å². The van der Waals surface area contributed by atoms with Gasteiger partial charge >= 0.3 is 6.09 Å². The number of carbonyl (C=O) groups is 1. The molecule has 1 unspecified atom stereocenters. The first-order valence-corrected chi connectivity index (χ1v) is 11.3. The van der Waals surface area contributed by atoms with Crippen molar-refractivity contribution in [1.82, 2.24) is 20.3 Å². The molecule has 32 heavy (non-hydrogen) atoms. The molecule has 1 amide bonds. The molecule has 0 saturated heterocycles. The fraction of sp³-hybridized carbons (Fsp3) is 0.391. The van der Waals surface area contributed by atoms with E-state index in [-0.39, 0.29) is 6.61 Å². The summed E-state index contributed by atoms with van der Waals surface area (Å²) < 4.78 is 6.02. The Hall–Kier alpha value is -3.20. The summed E-state index contributed by atoms with van der Waals surface area (Å²) in [6.07, 6.45) is 1.33. The van der Waals surface area contributed by atoms with Crippen LogP contribution < -0.4 is 15.4 Å². The Balaban J connectivity index is 1.73. The molecule has 0 aliphatic carbocycles. The van der Waals surface area contributed by atoms with Crippen LogP contribution in [0.5, 0.6) is 5.75 Å². The molecule has 3 aromatic rings. The number of benzene rings is 1. The van der Waals surface area contributed by atoms with E-state index in [1.807, 2.05) is 50.4 Å². The van der Waals surface area contributed by atoms with Gasteiger partial charge in [0.15, 0.2) is 5.13 Å². The van der Waals surface area contributed by atoms with Crippen molar-refractivity contribution in [3.05, 3.63) is 47.1 Å². The van der Waals surface area contributed by atoms with Gasteiger partial charge < -0.3 is 20.5 Å². The third kappa shape index (κ3) is 6.40. The highest BCUT2D eigenvalue weighted by Crippen LogP contribution is 2.28. The molecule has 1 aromatic carbocycles. The number of ether oxygens (including phenoxy) is 1. The van der Waals surface area contributed by atoms with Gasteiger partial charge in [-0.2, -0.15) is 0 Å². The first-order chi connectivity index (χ1) is 15.1. The SMILES string of the molecule is Cc1csc(Nc2nccc(-c3ccc(OCC(C)(CC(C)C)NC(=O)O)c(C)c3)n2)n1. The maximum absolute atomic E-state index is 11.2. The molecule has 0 fully saturated rings. The molecule has 170 valence electrons. The van der Waals surface area contributed by atoms with E-state index >= 15 is 0 Å². The summed E-state index contributed by atoms with van der Waals surface area (Å²) in [7, 11) is 0. The number of nitrogens with one attached hydrogen (secondary N) is 2. The highest BCUT2D eigenvalue weighted by atomic mass is 32.1. The summed E-state index contributed by atoms with van der Waals surface area (Å²) in [6.45, 7) is 10.1. The molecule has 3 rings (SSSR count). The molecule has 2 aromatic heterocycles. The average molecular weight is 456 g/mol. The van der Waals surface area contributed by atoms with Crippen LogP contribution in [0.3, 0.4) is 0 Å². The number of thiazole rings is 1. The van der Waals surface area contributed by atoms with Gasteiger partial charge in [0.1, 0.15) is 12.4 Å². The summed E-state index contributed by atoms with van der Waals surface area (Å²) in [5.41, 5.74) is 2.93. The molecule has 1 atom stereocenters. The van der Waals surface area contributed by atoms with Crippen LogP contribution in [0.4, 0.5) is 15.9 Å². The van der Waals surface area contributed by atoms with Crippen LogP contribution in [0.15, 0.2) is 35.8 Å². The maximum atomic E-state index is 11.2. The van der Waals surface area contributed by atoms with E-state index < -0.39 is 11.6 Å². The van der Waals surface area contributed by atoms with Gasteiger partial charge in [-0.05, 0) is 62.9 Å². The van der Waals surface area contributed by atoms with Crippen molar-refractivity contribution in [2.75, 3.05) is 11.9 Å². The Bertz CT molecular complexity index is 1080. The molecule has 0 aliphatic heterocycles. The van der Waals surface area contributed by atoms with Gasteiger partial charge in [-0.3, -0.25) is 0 Å². The van der Waals surface area contributed by atoms with E-state index in [1.165, 1.54) is 11.3 Å². The van der Waals surface area contributed by atoms with Gasteiger partial charge in [0.2, 0.25) is 5.95 Å². The Kier molecular flexibility index (Phi) is 7.29. The van der Waals surface area contributed by atoms with Crippen molar-refractivity contribution in [1.29, 1.82) is 0 Å².